The van der Waals surface area contributed by atoms with Gasteiger partial charge in [0.2, 0.25) is 0 Å². The molecule has 0 heterocycles. The van der Waals surface area contributed by atoms with Gasteiger partial charge >= 0.3 is 5.97 Å². The van der Waals surface area contributed by atoms with E-state index in [-0.39, 0.29) is 0 Å². The number of nitrogens with one attached hydrogen (secondary N) is 1. The highest BCUT2D eigenvalue weighted by Crippen LogP contribution is 2.15. The Bertz CT molecular complexity index is 360. The monoisotopic (exact) mass is 239 g/mol. The third-order valence-corrected chi connectivity index (χ3v) is 3.17. The summed E-state index contributed by atoms with van der Waals surface area (Å²) in [5.41, 5.74) is 0.199. The van der Waals surface area contributed by atoms with Gasteiger partial charge in [-0.3, -0.25) is 10.1 Å². The van der Waals surface area contributed by atoms with Crippen molar-refractivity contribution >= 4 is 17.7 Å². The fraction of sp³-hybridized carbons (Fsp3) is 0.417. The predicted molar refractivity (Wildman–Crippen MR) is 66.8 cm³/mol. The van der Waals surface area contributed by atoms with Crippen LogP contribution >= 0.6 is 11.8 Å². The minimum atomic E-state index is -0.891. The predicted octanol–water partition coefficient (Wildman–Crippen LogP) is 2.36. The number of hydrogen-bond donors (Lipinski definition) is 2. The van der Waals surface area contributed by atoms with E-state index in [4.69, 9.17) is 5.11 Å². The van der Waals surface area contributed by atoms with Gasteiger partial charge < -0.3 is 5.11 Å². The largest absolute Gasteiger partial charge is 0.480 e. The molecular formula is C12H17NO2S. The first-order chi connectivity index (χ1) is 7.45. The van der Waals surface area contributed by atoms with Crippen LogP contribution in [0.4, 0.5) is 0 Å². The number of rotatable bonds is 5. The highest BCUT2D eigenvalue weighted by Gasteiger charge is 2.25. The van der Waals surface area contributed by atoms with Crippen molar-refractivity contribution in [2.45, 2.75) is 30.8 Å². The quantitative estimate of drug-likeness (QED) is 0.774. The summed E-state index contributed by atoms with van der Waals surface area (Å²) in [5.74, 6) is -0.840. The average Bonchev–Trinajstić information content (AvgIpc) is 2.27. The third-order valence-electron chi connectivity index (χ3n) is 2.43. The molecule has 0 saturated heterocycles. The summed E-state index contributed by atoms with van der Waals surface area (Å²) in [6, 6.07) is 8.10. The second-order valence-electron chi connectivity index (χ2n) is 4.13. The molecule has 0 aromatic heterocycles. The van der Waals surface area contributed by atoms with E-state index >= 15 is 0 Å². The van der Waals surface area contributed by atoms with E-state index in [1.807, 2.05) is 30.5 Å². The van der Waals surface area contributed by atoms with Crippen LogP contribution in [0.25, 0.3) is 0 Å². The molecule has 0 amide bonds. The molecule has 0 bridgehead atoms. The fourth-order valence-corrected chi connectivity index (χ4v) is 1.55. The lowest BCUT2D eigenvalue weighted by Gasteiger charge is -2.21. The highest BCUT2D eigenvalue weighted by atomic mass is 32.2. The van der Waals surface area contributed by atoms with Crippen LogP contribution < -0.4 is 5.32 Å². The van der Waals surface area contributed by atoms with Gasteiger partial charge in [-0.2, -0.15) is 0 Å². The van der Waals surface area contributed by atoms with E-state index in [1.54, 1.807) is 25.6 Å². The second kappa shape index (κ2) is 5.37. The van der Waals surface area contributed by atoms with Crippen LogP contribution in [-0.2, 0) is 11.3 Å². The average molecular weight is 239 g/mol. The van der Waals surface area contributed by atoms with Crippen LogP contribution in [0.1, 0.15) is 19.4 Å². The molecule has 0 fully saturated rings. The molecule has 0 spiro atoms. The Labute approximate surface area is 100 Å². The lowest BCUT2D eigenvalue weighted by Crippen LogP contribution is -2.46. The first-order valence-electron chi connectivity index (χ1n) is 5.07. The Morgan fingerprint density at radius 2 is 1.94 bits per heavy atom. The first-order valence-corrected chi connectivity index (χ1v) is 6.29. The summed E-state index contributed by atoms with van der Waals surface area (Å²) >= 11 is 1.69. The number of carbonyl (C=O) groups is 1. The zero-order valence-corrected chi connectivity index (χ0v) is 10.6. The van der Waals surface area contributed by atoms with Crippen molar-refractivity contribution in [3.05, 3.63) is 29.8 Å². The van der Waals surface area contributed by atoms with Gasteiger partial charge in [0.1, 0.15) is 5.54 Å². The number of carboxylic acids is 1. The van der Waals surface area contributed by atoms with E-state index in [0.29, 0.717) is 6.54 Å². The number of hydrogen-bond acceptors (Lipinski definition) is 3. The summed E-state index contributed by atoms with van der Waals surface area (Å²) in [6.07, 6.45) is 2.03. The van der Waals surface area contributed by atoms with E-state index in [9.17, 15) is 4.79 Å². The van der Waals surface area contributed by atoms with Crippen LogP contribution in [0, 0.1) is 0 Å². The summed E-state index contributed by atoms with van der Waals surface area (Å²) in [6.45, 7) is 3.88. The Morgan fingerprint density at radius 1 is 1.38 bits per heavy atom. The van der Waals surface area contributed by atoms with Crippen molar-refractivity contribution in [1.29, 1.82) is 0 Å². The summed E-state index contributed by atoms with van der Waals surface area (Å²) in [7, 11) is 0. The lowest BCUT2D eigenvalue weighted by molar-refractivity contribution is -0.143. The molecule has 0 saturated carbocycles. The van der Waals surface area contributed by atoms with Gasteiger partial charge in [-0.1, -0.05) is 12.1 Å². The molecule has 0 unspecified atom stereocenters. The Morgan fingerprint density at radius 3 is 2.38 bits per heavy atom. The van der Waals surface area contributed by atoms with Crippen LogP contribution in [0.3, 0.4) is 0 Å². The summed E-state index contributed by atoms with van der Waals surface area (Å²) in [4.78, 5) is 12.1. The standard InChI is InChI=1S/C12H17NO2S/c1-12(2,11(14)15)13-8-9-4-6-10(16-3)7-5-9/h4-7,13H,8H2,1-3H3,(H,14,15). The number of thioether (sulfide) groups is 1. The minimum Gasteiger partial charge on any atom is -0.480 e. The van der Waals surface area contributed by atoms with Gasteiger partial charge in [-0.05, 0) is 37.8 Å². The van der Waals surface area contributed by atoms with Gasteiger partial charge in [0, 0.05) is 11.4 Å². The summed E-state index contributed by atoms with van der Waals surface area (Å²) in [5, 5.41) is 11.9. The topological polar surface area (TPSA) is 49.3 Å². The van der Waals surface area contributed by atoms with Crippen molar-refractivity contribution < 1.29 is 9.90 Å². The molecule has 0 aliphatic heterocycles. The number of benzene rings is 1. The molecular weight excluding hydrogens is 222 g/mol. The molecule has 1 aromatic rings. The molecule has 1 rings (SSSR count). The van der Waals surface area contributed by atoms with Gasteiger partial charge in [-0.15, -0.1) is 11.8 Å². The molecule has 2 N–H and O–H groups in total. The number of carboxylic acid groups (broad SMARTS) is 1. The van der Waals surface area contributed by atoms with E-state index in [0.717, 1.165) is 5.56 Å². The third kappa shape index (κ3) is 3.54. The van der Waals surface area contributed by atoms with Crippen LogP contribution in [-0.4, -0.2) is 22.9 Å². The SMILES string of the molecule is CSc1ccc(CNC(C)(C)C(=O)O)cc1. The van der Waals surface area contributed by atoms with Crippen LogP contribution in [0.15, 0.2) is 29.2 Å². The zero-order valence-electron chi connectivity index (χ0n) is 9.78. The molecule has 3 nitrogen and oxygen atoms in total. The minimum absolute atomic E-state index is 0.563. The van der Waals surface area contributed by atoms with Crippen molar-refractivity contribution in [3.63, 3.8) is 0 Å². The summed E-state index contributed by atoms with van der Waals surface area (Å²) < 4.78 is 0. The maximum Gasteiger partial charge on any atom is 0.323 e. The highest BCUT2D eigenvalue weighted by molar-refractivity contribution is 7.98. The molecule has 0 aliphatic rings. The van der Waals surface area contributed by atoms with Gasteiger partial charge in [0.25, 0.3) is 0 Å². The normalized spacial score (nSPS) is 11.4. The molecule has 88 valence electrons. The van der Waals surface area contributed by atoms with E-state index in [2.05, 4.69) is 5.32 Å². The van der Waals surface area contributed by atoms with Gasteiger partial charge in [0.05, 0.1) is 0 Å². The van der Waals surface area contributed by atoms with Gasteiger partial charge in [0.15, 0.2) is 0 Å². The second-order valence-corrected chi connectivity index (χ2v) is 5.01. The zero-order chi connectivity index (χ0) is 12.2. The lowest BCUT2D eigenvalue weighted by atomic mass is 10.1. The van der Waals surface area contributed by atoms with E-state index in [1.165, 1.54) is 4.90 Å². The fourth-order valence-electron chi connectivity index (χ4n) is 1.14. The molecule has 0 radical (unpaired) electrons. The smallest absolute Gasteiger partial charge is 0.323 e. The van der Waals surface area contributed by atoms with Crippen molar-refractivity contribution in [3.8, 4) is 0 Å². The Balaban J connectivity index is 2.58. The molecule has 0 aliphatic carbocycles. The Hall–Kier alpha value is -1.00. The molecule has 4 heteroatoms. The molecule has 0 atom stereocenters. The van der Waals surface area contributed by atoms with E-state index < -0.39 is 11.5 Å². The molecule has 1 aromatic carbocycles. The van der Waals surface area contributed by atoms with Crippen LogP contribution in [0.2, 0.25) is 0 Å². The maximum absolute atomic E-state index is 10.9. The van der Waals surface area contributed by atoms with Crippen molar-refractivity contribution in [2.24, 2.45) is 0 Å². The first kappa shape index (κ1) is 13.1. The number of aliphatic carboxylic acids is 1. The van der Waals surface area contributed by atoms with Crippen molar-refractivity contribution in [1.82, 2.24) is 5.32 Å². The maximum atomic E-state index is 10.9. The Kier molecular flexibility index (Phi) is 4.38. The van der Waals surface area contributed by atoms with Crippen molar-refractivity contribution in [2.75, 3.05) is 6.26 Å². The van der Waals surface area contributed by atoms with Gasteiger partial charge in [-0.25, -0.2) is 0 Å². The van der Waals surface area contributed by atoms with Crippen LogP contribution in [0.5, 0.6) is 0 Å². The molecule has 16 heavy (non-hydrogen) atoms.